The van der Waals surface area contributed by atoms with E-state index in [0.717, 1.165) is 44.5 Å². The van der Waals surface area contributed by atoms with Gasteiger partial charge >= 0.3 is 0 Å². The number of hydrogen-bond acceptors (Lipinski definition) is 7. The Morgan fingerprint density at radius 1 is 1.11 bits per heavy atom. The van der Waals surface area contributed by atoms with Gasteiger partial charge < -0.3 is 14.7 Å². The van der Waals surface area contributed by atoms with Crippen molar-refractivity contribution in [3.05, 3.63) is 30.3 Å². The lowest BCUT2D eigenvalue weighted by atomic mass is 9.69. The van der Waals surface area contributed by atoms with E-state index in [1.165, 1.54) is 0 Å². The molecule has 146 valence electrons. The van der Waals surface area contributed by atoms with Gasteiger partial charge in [0.15, 0.2) is 0 Å². The van der Waals surface area contributed by atoms with Gasteiger partial charge in [0.1, 0.15) is 0 Å². The van der Waals surface area contributed by atoms with Crippen molar-refractivity contribution >= 4 is 5.95 Å². The molecule has 0 radical (unpaired) electrons. The number of piperidine rings is 1. The fraction of sp³-hybridized carbons (Fsp3) is 0.632. The number of tetrazole rings is 1. The minimum Gasteiger partial charge on any atom is -0.388 e. The van der Waals surface area contributed by atoms with Crippen molar-refractivity contribution < 1.29 is 9.84 Å². The van der Waals surface area contributed by atoms with Crippen LogP contribution < -0.4 is 4.90 Å². The van der Waals surface area contributed by atoms with E-state index in [4.69, 9.17) is 4.74 Å². The molecule has 1 N–H and O–H groups in total. The Bertz CT molecular complexity index is 759. The van der Waals surface area contributed by atoms with Gasteiger partial charge in [0.2, 0.25) is 5.95 Å². The summed E-state index contributed by atoms with van der Waals surface area (Å²) in [5, 5.41) is 23.8. The monoisotopic (exact) mass is 372 g/mol. The van der Waals surface area contributed by atoms with Crippen LogP contribution in [-0.2, 0) is 4.74 Å². The molecule has 2 aromatic rings. The molecule has 0 amide bonds. The molecule has 8 nitrogen and oxygen atoms in total. The molecular formula is C19H28N6O2. The summed E-state index contributed by atoms with van der Waals surface area (Å²) in [5.41, 5.74) is -0.104. The molecule has 1 atom stereocenters. The van der Waals surface area contributed by atoms with Crippen molar-refractivity contribution in [1.29, 1.82) is 0 Å². The molecule has 2 aliphatic heterocycles. The van der Waals surface area contributed by atoms with Crippen molar-refractivity contribution in [2.75, 3.05) is 50.8 Å². The zero-order valence-electron chi connectivity index (χ0n) is 16.1. The van der Waals surface area contributed by atoms with Gasteiger partial charge in [-0.15, -0.1) is 0 Å². The molecule has 0 saturated carbocycles. The first-order valence-electron chi connectivity index (χ1n) is 9.60. The highest BCUT2D eigenvalue weighted by atomic mass is 16.5. The number of aromatic nitrogens is 4. The second-order valence-electron chi connectivity index (χ2n) is 8.20. The fourth-order valence-electron chi connectivity index (χ4n) is 4.07. The minimum absolute atomic E-state index is 0.295. The van der Waals surface area contributed by atoms with Crippen LogP contribution in [0.2, 0.25) is 0 Å². The first-order valence-corrected chi connectivity index (χ1v) is 9.60. The molecule has 0 unspecified atom stereocenters. The number of aliphatic hydroxyl groups is 1. The van der Waals surface area contributed by atoms with Crippen molar-refractivity contribution in [2.45, 2.75) is 25.9 Å². The average Bonchev–Trinajstić information content (AvgIpc) is 3.15. The Hall–Kier alpha value is -2.03. The first kappa shape index (κ1) is 18.3. The maximum Gasteiger partial charge on any atom is 0.250 e. The fourth-order valence-corrected chi connectivity index (χ4v) is 4.07. The SMILES string of the molecule is CC1(C)CN(c2nnnn2-c2ccccc2)CC[C@@]1(O)CN1CCOCC1. The molecule has 0 aliphatic carbocycles. The predicted octanol–water partition coefficient (Wildman–Crippen LogP) is 0.962. The quantitative estimate of drug-likeness (QED) is 0.856. The van der Waals surface area contributed by atoms with Crippen molar-refractivity contribution in [3.8, 4) is 5.69 Å². The predicted molar refractivity (Wildman–Crippen MR) is 102 cm³/mol. The van der Waals surface area contributed by atoms with Gasteiger partial charge in [0.25, 0.3) is 0 Å². The van der Waals surface area contributed by atoms with Gasteiger partial charge in [-0.05, 0) is 29.0 Å². The van der Waals surface area contributed by atoms with E-state index in [0.29, 0.717) is 19.5 Å². The van der Waals surface area contributed by atoms with Crippen LogP contribution in [0, 0.1) is 5.41 Å². The molecule has 8 heteroatoms. The highest BCUT2D eigenvalue weighted by Crippen LogP contribution is 2.40. The Balaban J connectivity index is 1.52. The lowest BCUT2D eigenvalue weighted by Crippen LogP contribution is -2.63. The van der Waals surface area contributed by atoms with Crippen LogP contribution in [0.4, 0.5) is 5.95 Å². The lowest BCUT2D eigenvalue weighted by molar-refractivity contribution is -0.111. The summed E-state index contributed by atoms with van der Waals surface area (Å²) in [5.74, 6) is 0.725. The van der Waals surface area contributed by atoms with Crippen LogP contribution in [0.1, 0.15) is 20.3 Å². The molecule has 4 rings (SSSR count). The van der Waals surface area contributed by atoms with E-state index in [1.807, 2.05) is 30.3 Å². The maximum absolute atomic E-state index is 11.5. The van der Waals surface area contributed by atoms with Gasteiger partial charge in [0.05, 0.1) is 24.5 Å². The number of rotatable bonds is 4. The smallest absolute Gasteiger partial charge is 0.250 e. The zero-order chi connectivity index (χ0) is 18.9. The molecule has 1 aromatic carbocycles. The molecule has 3 heterocycles. The summed E-state index contributed by atoms with van der Waals surface area (Å²) in [7, 11) is 0. The lowest BCUT2D eigenvalue weighted by Gasteiger charge is -2.52. The van der Waals surface area contributed by atoms with Crippen molar-refractivity contribution in [2.24, 2.45) is 5.41 Å². The highest BCUT2D eigenvalue weighted by molar-refractivity contribution is 5.41. The summed E-state index contributed by atoms with van der Waals surface area (Å²) in [6.07, 6.45) is 0.680. The molecule has 0 bridgehead atoms. The minimum atomic E-state index is -0.744. The first-order chi connectivity index (χ1) is 13.0. The zero-order valence-corrected chi connectivity index (χ0v) is 16.1. The Labute approximate surface area is 159 Å². The molecule has 2 fully saturated rings. The number of para-hydroxylation sites is 1. The van der Waals surface area contributed by atoms with Crippen LogP contribution in [0.15, 0.2) is 30.3 Å². The number of hydrogen-bond donors (Lipinski definition) is 1. The standard InChI is InChI=1S/C19H28N6O2/c1-18(2)14-24(9-8-19(18,26)15-23-10-12-27-13-11-23)17-20-21-22-25(17)16-6-4-3-5-7-16/h3-7,26H,8-15H2,1-2H3/t19-/m1/s1. The number of benzene rings is 1. The largest absolute Gasteiger partial charge is 0.388 e. The van der Waals surface area contributed by atoms with Crippen LogP contribution in [0.3, 0.4) is 0 Å². The number of nitrogens with zero attached hydrogens (tertiary/aromatic N) is 6. The summed E-state index contributed by atoms with van der Waals surface area (Å²) in [4.78, 5) is 4.50. The van der Waals surface area contributed by atoms with Crippen molar-refractivity contribution in [1.82, 2.24) is 25.1 Å². The third-order valence-electron chi connectivity index (χ3n) is 5.97. The normalized spacial score (nSPS) is 26.3. The van der Waals surface area contributed by atoms with Crippen LogP contribution in [0.5, 0.6) is 0 Å². The highest BCUT2D eigenvalue weighted by Gasteiger charge is 2.49. The Kier molecular flexibility index (Phi) is 4.88. The molecule has 2 saturated heterocycles. The number of morpholine rings is 1. The van der Waals surface area contributed by atoms with Crippen LogP contribution in [0.25, 0.3) is 5.69 Å². The molecular weight excluding hydrogens is 344 g/mol. The molecule has 27 heavy (non-hydrogen) atoms. The third kappa shape index (κ3) is 3.56. The Morgan fingerprint density at radius 2 is 1.85 bits per heavy atom. The molecule has 0 spiro atoms. The second kappa shape index (κ2) is 7.18. The number of anilines is 1. The van der Waals surface area contributed by atoms with Gasteiger partial charge in [-0.25, -0.2) is 0 Å². The van der Waals surface area contributed by atoms with Gasteiger partial charge in [-0.3, -0.25) is 4.90 Å². The number of ether oxygens (including phenoxy) is 1. The topological polar surface area (TPSA) is 79.5 Å². The van der Waals surface area contributed by atoms with E-state index in [9.17, 15) is 5.11 Å². The third-order valence-corrected chi connectivity index (χ3v) is 5.97. The van der Waals surface area contributed by atoms with E-state index < -0.39 is 5.60 Å². The number of β-amino-alcohol motifs (C(OH)–C–C–N with tert-alkyl or cyclic N) is 1. The van der Waals surface area contributed by atoms with Crippen LogP contribution >= 0.6 is 0 Å². The van der Waals surface area contributed by atoms with Gasteiger partial charge in [-0.1, -0.05) is 37.1 Å². The maximum atomic E-state index is 11.5. The summed E-state index contributed by atoms with van der Waals surface area (Å²) < 4.78 is 7.20. The summed E-state index contributed by atoms with van der Waals surface area (Å²) in [6, 6.07) is 9.90. The van der Waals surface area contributed by atoms with Crippen molar-refractivity contribution in [3.63, 3.8) is 0 Å². The van der Waals surface area contributed by atoms with E-state index in [1.54, 1.807) is 4.68 Å². The average molecular weight is 372 g/mol. The van der Waals surface area contributed by atoms with Gasteiger partial charge in [-0.2, -0.15) is 4.68 Å². The van der Waals surface area contributed by atoms with E-state index in [2.05, 4.69) is 39.2 Å². The summed E-state index contributed by atoms with van der Waals surface area (Å²) in [6.45, 7) is 9.62. The second-order valence-corrected chi connectivity index (χ2v) is 8.20. The van der Waals surface area contributed by atoms with Gasteiger partial charge in [0, 0.05) is 38.1 Å². The molecule has 2 aliphatic rings. The molecule has 1 aromatic heterocycles. The summed E-state index contributed by atoms with van der Waals surface area (Å²) >= 11 is 0. The van der Waals surface area contributed by atoms with Crippen LogP contribution in [-0.4, -0.2) is 81.8 Å². The Morgan fingerprint density at radius 3 is 2.56 bits per heavy atom. The van der Waals surface area contributed by atoms with E-state index >= 15 is 0 Å². The van der Waals surface area contributed by atoms with E-state index in [-0.39, 0.29) is 5.41 Å².